The summed E-state index contributed by atoms with van der Waals surface area (Å²) in [6.07, 6.45) is 1.48. The summed E-state index contributed by atoms with van der Waals surface area (Å²) in [5, 5.41) is 1.02. The molecule has 0 saturated carbocycles. The third-order valence-corrected chi connectivity index (χ3v) is 5.46. The Hall–Kier alpha value is -0.130. The summed E-state index contributed by atoms with van der Waals surface area (Å²) in [5.74, 6) is 0.238. The number of rotatable bonds is 3. The van der Waals surface area contributed by atoms with E-state index in [9.17, 15) is 4.21 Å². The quantitative estimate of drug-likeness (QED) is 0.836. The third kappa shape index (κ3) is 3.20. The molecule has 17 heavy (non-hydrogen) atoms. The van der Waals surface area contributed by atoms with Gasteiger partial charge in [0.2, 0.25) is 0 Å². The van der Waals surface area contributed by atoms with Crippen molar-refractivity contribution in [3.63, 3.8) is 0 Å². The van der Waals surface area contributed by atoms with Crippen LogP contribution in [0.5, 0.6) is 0 Å². The van der Waals surface area contributed by atoms with Crippen LogP contribution >= 0.6 is 46.1 Å². The van der Waals surface area contributed by atoms with Crippen LogP contribution in [0.3, 0.4) is 0 Å². The molecule has 1 aromatic heterocycles. The first-order chi connectivity index (χ1) is 8.08. The minimum absolute atomic E-state index is 0.238. The molecular formula is C10H6Cl3NOS2. The second kappa shape index (κ2) is 5.67. The summed E-state index contributed by atoms with van der Waals surface area (Å²) in [6, 6.07) is 5.18. The molecule has 2 rings (SSSR count). The van der Waals surface area contributed by atoms with Crippen molar-refractivity contribution in [2.24, 2.45) is 0 Å². The second-order valence-corrected chi connectivity index (χ2v) is 7.22. The van der Waals surface area contributed by atoms with Crippen LogP contribution in [0.15, 0.2) is 28.7 Å². The highest BCUT2D eigenvalue weighted by Crippen LogP contribution is 2.28. The highest BCUT2D eigenvalue weighted by Gasteiger charge is 2.14. The first-order valence-electron chi connectivity index (χ1n) is 4.50. The fourth-order valence-corrected chi connectivity index (χ4v) is 4.37. The van der Waals surface area contributed by atoms with Gasteiger partial charge < -0.3 is 0 Å². The predicted molar refractivity (Wildman–Crippen MR) is 73.7 cm³/mol. The van der Waals surface area contributed by atoms with Crippen molar-refractivity contribution in [2.75, 3.05) is 0 Å². The number of benzene rings is 1. The zero-order valence-corrected chi connectivity index (χ0v) is 12.2. The van der Waals surface area contributed by atoms with Crippen LogP contribution in [0.2, 0.25) is 14.4 Å². The van der Waals surface area contributed by atoms with Crippen LogP contribution in [-0.4, -0.2) is 9.19 Å². The molecule has 0 fully saturated rings. The van der Waals surface area contributed by atoms with Gasteiger partial charge in [-0.3, -0.25) is 4.21 Å². The Morgan fingerprint density at radius 3 is 2.41 bits per heavy atom. The number of nitrogens with zero attached hydrogens (tertiary/aromatic N) is 1. The number of hydrogen-bond donors (Lipinski definition) is 0. The van der Waals surface area contributed by atoms with E-state index in [1.54, 1.807) is 18.2 Å². The fraction of sp³-hybridized carbons (Fsp3) is 0.100. The average molecular weight is 327 g/mol. The molecule has 0 aliphatic rings. The van der Waals surface area contributed by atoms with Gasteiger partial charge in [-0.05, 0) is 12.1 Å². The monoisotopic (exact) mass is 325 g/mol. The van der Waals surface area contributed by atoms with E-state index in [2.05, 4.69) is 4.98 Å². The maximum Gasteiger partial charge on any atom is 0.182 e. The molecule has 1 aromatic carbocycles. The van der Waals surface area contributed by atoms with Gasteiger partial charge in [0, 0.05) is 15.6 Å². The number of halogens is 3. The molecule has 0 spiro atoms. The summed E-state index contributed by atoms with van der Waals surface area (Å²) in [7, 11) is -1.28. The summed E-state index contributed by atoms with van der Waals surface area (Å²) in [6.45, 7) is 0. The number of hydrogen-bond acceptors (Lipinski definition) is 3. The Morgan fingerprint density at radius 1 is 1.24 bits per heavy atom. The molecule has 0 N–H and O–H groups in total. The van der Waals surface area contributed by atoms with Crippen LogP contribution < -0.4 is 0 Å². The molecule has 90 valence electrons. The maximum absolute atomic E-state index is 12.0. The summed E-state index contributed by atoms with van der Waals surface area (Å²) >= 11 is 18.9. The molecule has 7 heteroatoms. The Bertz CT molecular complexity index is 550. The van der Waals surface area contributed by atoms with Crippen LogP contribution in [0.1, 0.15) is 5.56 Å². The molecule has 0 aliphatic heterocycles. The van der Waals surface area contributed by atoms with Gasteiger partial charge in [-0.15, -0.1) is 0 Å². The summed E-state index contributed by atoms with van der Waals surface area (Å²) in [5.41, 5.74) is 0.667. The Morgan fingerprint density at radius 2 is 1.88 bits per heavy atom. The Kier molecular flexibility index (Phi) is 4.44. The van der Waals surface area contributed by atoms with Crippen molar-refractivity contribution in [3.05, 3.63) is 44.3 Å². The van der Waals surface area contributed by atoms with Gasteiger partial charge in [0.05, 0.1) is 22.7 Å². The first kappa shape index (κ1) is 13.3. The van der Waals surface area contributed by atoms with E-state index < -0.39 is 10.8 Å². The lowest BCUT2D eigenvalue weighted by atomic mass is 10.2. The van der Waals surface area contributed by atoms with Crippen LogP contribution in [0.25, 0.3) is 0 Å². The minimum atomic E-state index is -1.28. The van der Waals surface area contributed by atoms with E-state index >= 15 is 0 Å². The van der Waals surface area contributed by atoms with Gasteiger partial charge >= 0.3 is 0 Å². The molecule has 1 heterocycles. The second-order valence-electron chi connectivity index (χ2n) is 3.12. The molecule has 0 bridgehead atoms. The third-order valence-electron chi connectivity index (χ3n) is 1.99. The largest absolute Gasteiger partial charge is 0.252 e. The molecule has 0 aliphatic carbocycles. The van der Waals surface area contributed by atoms with Gasteiger partial charge in [0.1, 0.15) is 4.34 Å². The Labute approximate surface area is 120 Å². The average Bonchev–Trinajstić information content (AvgIpc) is 2.70. The van der Waals surface area contributed by atoms with Gasteiger partial charge in [-0.2, -0.15) is 0 Å². The normalized spacial score (nSPS) is 12.6. The van der Waals surface area contributed by atoms with Crippen molar-refractivity contribution in [1.82, 2.24) is 4.98 Å². The molecule has 0 radical (unpaired) electrons. The van der Waals surface area contributed by atoms with Gasteiger partial charge in [-0.25, -0.2) is 4.98 Å². The fourth-order valence-electron chi connectivity index (χ4n) is 1.21. The SMILES string of the molecule is O=[S@@](Cc1c(Cl)cccc1Cl)c1ncc(Cl)s1. The summed E-state index contributed by atoms with van der Waals surface area (Å²) in [4.78, 5) is 3.97. The van der Waals surface area contributed by atoms with Crippen LogP contribution in [0, 0.1) is 0 Å². The molecule has 0 unspecified atom stereocenters. The molecule has 1 atom stereocenters. The molecule has 0 saturated heterocycles. The lowest BCUT2D eigenvalue weighted by Crippen LogP contribution is -1.97. The topological polar surface area (TPSA) is 30.0 Å². The van der Waals surface area contributed by atoms with E-state index in [0.29, 0.717) is 24.3 Å². The van der Waals surface area contributed by atoms with Crippen LogP contribution in [-0.2, 0) is 16.6 Å². The van der Waals surface area contributed by atoms with Crippen LogP contribution in [0.4, 0.5) is 0 Å². The maximum atomic E-state index is 12.0. The zero-order valence-electron chi connectivity index (χ0n) is 8.32. The molecular weight excluding hydrogens is 321 g/mol. The van der Waals surface area contributed by atoms with E-state index in [1.165, 1.54) is 17.5 Å². The Balaban J connectivity index is 2.24. The molecule has 0 amide bonds. The van der Waals surface area contributed by atoms with Crippen molar-refractivity contribution in [1.29, 1.82) is 0 Å². The summed E-state index contributed by atoms with van der Waals surface area (Å²) < 4.78 is 13.0. The van der Waals surface area contributed by atoms with Crippen molar-refractivity contribution in [2.45, 2.75) is 10.1 Å². The van der Waals surface area contributed by atoms with Gasteiger partial charge in [0.25, 0.3) is 0 Å². The van der Waals surface area contributed by atoms with E-state index in [1.807, 2.05) is 0 Å². The van der Waals surface area contributed by atoms with E-state index in [0.717, 1.165) is 0 Å². The zero-order chi connectivity index (χ0) is 12.4. The van der Waals surface area contributed by atoms with Gasteiger partial charge in [0.15, 0.2) is 4.34 Å². The highest BCUT2D eigenvalue weighted by atomic mass is 35.5. The van der Waals surface area contributed by atoms with Crippen molar-refractivity contribution < 1.29 is 4.21 Å². The number of aromatic nitrogens is 1. The van der Waals surface area contributed by atoms with E-state index in [-0.39, 0.29) is 5.75 Å². The van der Waals surface area contributed by atoms with Crippen molar-refractivity contribution in [3.8, 4) is 0 Å². The smallest absolute Gasteiger partial charge is 0.182 e. The standard InChI is InChI=1S/C10H6Cl3NOS2/c11-7-2-1-3-8(12)6(7)5-17(15)10-14-4-9(13)16-10/h1-4H,5H2/t17-/m0/s1. The molecule has 2 aromatic rings. The highest BCUT2D eigenvalue weighted by molar-refractivity contribution is 7.86. The molecule has 2 nitrogen and oxygen atoms in total. The van der Waals surface area contributed by atoms with Gasteiger partial charge in [-0.1, -0.05) is 52.2 Å². The number of thiazole rings is 1. The predicted octanol–water partition coefficient (Wildman–Crippen LogP) is 4.41. The lowest BCUT2D eigenvalue weighted by Gasteiger charge is -2.04. The minimum Gasteiger partial charge on any atom is -0.252 e. The van der Waals surface area contributed by atoms with Crippen molar-refractivity contribution >= 4 is 56.9 Å². The van der Waals surface area contributed by atoms with E-state index in [4.69, 9.17) is 34.8 Å². The first-order valence-corrected chi connectivity index (χ1v) is 7.77. The lowest BCUT2D eigenvalue weighted by molar-refractivity contribution is 0.682.